The number of nitrogens with one attached hydrogen (secondary N) is 1. The Kier molecular flexibility index (Phi) is 2.40. The molecule has 0 aromatic heterocycles. The molecule has 2 atom stereocenters. The van der Waals surface area contributed by atoms with Crippen LogP contribution >= 0.6 is 0 Å². The van der Waals surface area contributed by atoms with E-state index >= 15 is 0 Å². The molecule has 0 spiro atoms. The van der Waals surface area contributed by atoms with Gasteiger partial charge in [-0.15, -0.1) is 0 Å². The zero-order chi connectivity index (χ0) is 9.26. The second-order valence-corrected chi connectivity index (χ2v) is 3.86. The van der Waals surface area contributed by atoms with E-state index in [0.29, 0.717) is 18.5 Å². The molecule has 2 N–H and O–H groups in total. The second kappa shape index (κ2) is 3.54. The normalized spacial score (nSPS) is 33.0. The van der Waals surface area contributed by atoms with Gasteiger partial charge in [0.25, 0.3) is 0 Å². The Morgan fingerprint density at radius 2 is 2.38 bits per heavy atom. The van der Waals surface area contributed by atoms with E-state index in [4.69, 9.17) is 5.11 Å². The molecule has 1 aliphatic heterocycles. The highest BCUT2D eigenvalue weighted by Crippen LogP contribution is 2.31. The van der Waals surface area contributed by atoms with Crippen molar-refractivity contribution in [1.29, 1.82) is 0 Å². The summed E-state index contributed by atoms with van der Waals surface area (Å²) in [5.74, 6) is 0.615. The van der Waals surface area contributed by atoms with E-state index in [2.05, 4.69) is 5.32 Å². The van der Waals surface area contributed by atoms with Gasteiger partial charge in [0, 0.05) is 19.1 Å². The van der Waals surface area contributed by atoms with Crippen LogP contribution in [-0.2, 0) is 0 Å². The zero-order valence-electron chi connectivity index (χ0n) is 7.70. The van der Waals surface area contributed by atoms with Gasteiger partial charge < -0.3 is 15.3 Å². The van der Waals surface area contributed by atoms with E-state index in [0.717, 1.165) is 13.0 Å². The Morgan fingerprint density at radius 3 is 3.15 bits per heavy atom. The lowest BCUT2D eigenvalue weighted by atomic mass is 10.0. The predicted molar refractivity (Wildman–Crippen MR) is 48.3 cm³/mol. The van der Waals surface area contributed by atoms with Gasteiger partial charge in [-0.1, -0.05) is 6.42 Å². The van der Waals surface area contributed by atoms with E-state index in [1.807, 2.05) is 0 Å². The molecule has 1 saturated carbocycles. The number of β-amino-alcohol motifs (C(OH)–C–C–N with tert-alkyl or cyclic N) is 1. The number of carbonyl (C=O) groups excluding carboxylic acids is 1. The van der Waals surface area contributed by atoms with Gasteiger partial charge in [-0.2, -0.15) is 0 Å². The van der Waals surface area contributed by atoms with Crippen LogP contribution in [0, 0.1) is 5.92 Å². The Hall–Kier alpha value is -0.770. The Bertz CT molecular complexity index is 208. The van der Waals surface area contributed by atoms with Crippen LogP contribution in [0.5, 0.6) is 0 Å². The summed E-state index contributed by atoms with van der Waals surface area (Å²) < 4.78 is 0. The average Bonchev–Trinajstić information content (AvgIpc) is 2.58. The predicted octanol–water partition coefficient (Wildman–Crippen LogP) is 0.173. The molecule has 74 valence electrons. The summed E-state index contributed by atoms with van der Waals surface area (Å²) in [6.45, 7) is 1.37. The summed E-state index contributed by atoms with van der Waals surface area (Å²) in [6.07, 6.45) is 3.54. The summed E-state index contributed by atoms with van der Waals surface area (Å²) >= 11 is 0. The van der Waals surface area contributed by atoms with Gasteiger partial charge in [-0.3, -0.25) is 0 Å². The van der Waals surface area contributed by atoms with Crippen molar-refractivity contribution in [2.24, 2.45) is 5.92 Å². The fourth-order valence-electron chi connectivity index (χ4n) is 2.51. The molecule has 2 amide bonds. The molecular formula is C9H16N2O2. The molecule has 2 rings (SSSR count). The van der Waals surface area contributed by atoms with Crippen LogP contribution in [0.3, 0.4) is 0 Å². The van der Waals surface area contributed by atoms with Crippen molar-refractivity contribution < 1.29 is 9.90 Å². The first-order valence-corrected chi connectivity index (χ1v) is 4.98. The maximum absolute atomic E-state index is 11.4. The number of hydrogen-bond acceptors (Lipinski definition) is 2. The van der Waals surface area contributed by atoms with Crippen LogP contribution in [0.4, 0.5) is 4.79 Å². The number of amides is 2. The fourth-order valence-corrected chi connectivity index (χ4v) is 2.51. The first-order valence-electron chi connectivity index (χ1n) is 4.98. The molecule has 1 aliphatic carbocycles. The summed E-state index contributed by atoms with van der Waals surface area (Å²) in [7, 11) is 0. The number of aliphatic hydroxyl groups excluding tert-OH is 1. The molecular weight excluding hydrogens is 168 g/mol. The van der Waals surface area contributed by atoms with Crippen molar-refractivity contribution in [2.75, 3.05) is 19.7 Å². The highest BCUT2D eigenvalue weighted by molar-refractivity contribution is 5.75. The van der Waals surface area contributed by atoms with Gasteiger partial charge in [0.2, 0.25) is 0 Å². The molecule has 2 aliphatic rings. The van der Waals surface area contributed by atoms with E-state index in [-0.39, 0.29) is 12.6 Å². The topological polar surface area (TPSA) is 52.6 Å². The van der Waals surface area contributed by atoms with Crippen LogP contribution in [-0.4, -0.2) is 41.8 Å². The van der Waals surface area contributed by atoms with E-state index in [1.54, 1.807) is 4.90 Å². The highest BCUT2D eigenvalue weighted by atomic mass is 16.3. The minimum absolute atomic E-state index is 0.00259. The monoisotopic (exact) mass is 184 g/mol. The molecule has 4 heteroatoms. The summed E-state index contributed by atoms with van der Waals surface area (Å²) in [5.41, 5.74) is 0. The molecule has 4 nitrogen and oxygen atoms in total. The number of hydrogen-bond donors (Lipinski definition) is 2. The molecule has 2 unspecified atom stereocenters. The molecule has 0 aromatic rings. The van der Waals surface area contributed by atoms with Gasteiger partial charge in [0.1, 0.15) is 0 Å². The zero-order valence-corrected chi connectivity index (χ0v) is 7.70. The van der Waals surface area contributed by atoms with Gasteiger partial charge >= 0.3 is 6.03 Å². The van der Waals surface area contributed by atoms with E-state index in [1.165, 1.54) is 12.8 Å². The molecule has 0 aromatic carbocycles. The van der Waals surface area contributed by atoms with Crippen LogP contribution in [0.2, 0.25) is 0 Å². The van der Waals surface area contributed by atoms with Crippen molar-refractivity contribution >= 4 is 6.03 Å². The van der Waals surface area contributed by atoms with Gasteiger partial charge in [-0.25, -0.2) is 4.79 Å². The molecule has 0 bridgehead atoms. The third-order valence-corrected chi connectivity index (χ3v) is 3.14. The number of fused-ring (bicyclic) bond motifs is 1. The average molecular weight is 184 g/mol. The minimum atomic E-state index is -0.00259. The maximum Gasteiger partial charge on any atom is 0.317 e. The number of urea groups is 1. The molecule has 0 radical (unpaired) electrons. The van der Waals surface area contributed by atoms with Crippen LogP contribution in [0.1, 0.15) is 19.3 Å². The van der Waals surface area contributed by atoms with Crippen LogP contribution in [0.25, 0.3) is 0 Å². The highest BCUT2D eigenvalue weighted by Gasteiger charge is 2.37. The van der Waals surface area contributed by atoms with Crippen molar-refractivity contribution in [3.8, 4) is 0 Å². The Morgan fingerprint density at radius 1 is 1.54 bits per heavy atom. The summed E-state index contributed by atoms with van der Waals surface area (Å²) in [4.78, 5) is 13.2. The number of aliphatic hydroxyl groups is 1. The SMILES string of the molecule is O=C1NCC2CCCC2N1CCO. The lowest BCUT2D eigenvalue weighted by Gasteiger charge is -2.37. The van der Waals surface area contributed by atoms with Crippen LogP contribution < -0.4 is 5.32 Å². The number of rotatable bonds is 2. The Labute approximate surface area is 77.9 Å². The van der Waals surface area contributed by atoms with Crippen molar-refractivity contribution in [2.45, 2.75) is 25.3 Å². The van der Waals surface area contributed by atoms with Crippen molar-refractivity contribution in [3.63, 3.8) is 0 Å². The fraction of sp³-hybridized carbons (Fsp3) is 0.889. The first kappa shape index (κ1) is 8.81. The second-order valence-electron chi connectivity index (χ2n) is 3.86. The number of nitrogens with zero attached hydrogens (tertiary/aromatic N) is 1. The van der Waals surface area contributed by atoms with Crippen molar-refractivity contribution in [3.05, 3.63) is 0 Å². The molecule has 2 fully saturated rings. The largest absolute Gasteiger partial charge is 0.395 e. The standard InChI is InChI=1S/C9H16N2O2/c12-5-4-11-8-3-1-2-7(8)6-10-9(11)13/h7-8,12H,1-6H2,(H,10,13). The van der Waals surface area contributed by atoms with Crippen molar-refractivity contribution in [1.82, 2.24) is 10.2 Å². The van der Waals surface area contributed by atoms with Gasteiger partial charge in [-0.05, 0) is 18.8 Å². The lowest BCUT2D eigenvalue weighted by molar-refractivity contribution is 0.116. The van der Waals surface area contributed by atoms with Crippen LogP contribution in [0.15, 0.2) is 0 Å². The molecule has 1 heterocycles. The maximum atomic E-state index is 11.4. The molecule has 13 heavy (non-hydrogen) atoms. The minimum Gasteiger partial charge on any atom is -0.395 e. The Balaban J connectivity index is 2.06. The lowest BCUT2D eigenvalue weighted by Crippen LogP contribution is -2.56. The summed E-state index contributed by atoms with van der Waals surface area (Å²) in [6, 6.07) is 0.387. The quantitative estimate of drug-likeness (QED) is 0.643. The summed E-state index contributed by atoms with van der Waals surface area (Å²) in [5, 5.41) is 11.7. The smallest absolute Gasteiger partial charge is 0.317 e. The molecule has 1 saturated heterocycles. The van der Waals surface area contributed by atoms with Gasteiger partial charge in [0.15, 0.2) is 0 Å². The third kappa shape index (κ3) is 1.50. The van der Waals surface area contributed by atoms with E-state index in [9.17, 15) is 4.79 Å². The third-order valence-electron chi connectivity index (χ3n) is 3.14. The number of carbonyl (C=O) groups is 1. The van der Waals surface area contributed by atoms with E-state index < -0.39 is 0 Å². The van der Waals surface area contributed by atoms with Gasteiger partial charge in [0.05, 0.1) is 6.61 Å². The first-order chi connectivity index (χ1) is 6.33.